The molecule has 254 valence electrons. The van der Waals surface area contributed by atoms with Gasteiger partial charge in [-0.2, -0.15) is 13.2 Å². The highest BCUT2D eigenvalue weighted by Crippen LogP contribution is 2.46. The van der Waals surface area contributed by atoms with Crippen molar-refractivity contribution in [3.63, 3.8) is 0 Å². The first kappa shape index (κ1) is 32.7. The molecule has 0 saturated heterocycles. The van der Waals surface area contributed by atoms with Crippen LogP contribution in [0.3, 0.4) is 0 Å². The summed E-state index contributed by atoms with van der Waals surface area (Å²) in [5.41, 5.74) is -0.260. The molecule has 2 N–H and O–H groups in total. The van der Waals surface area contributed by atoms with Crippen molar-refractivity contribution in [1.29, 1.82) is 0 Å². The van der Waals surface area contributed by atoms with Crippen molar-refractivity contribution in [2.45, 2.75) is 49.7 Å². The SMILES string of the molecule is Cc1ccc(S(=O)(=O)n2cc(-c3nc(NC4C5CCC(CC5)C4C(=O)O)cc(-c4ccc(C(F)(F)F)cc4)n3)c3cc(F)cc(F)c32)cc1. The maximum absolute atomic E-state index is 15.5. The summed E-state index contributed by atoms with van der Waals surface area (Å²) in [6, 6.07) is 12.5. The Morgan fingerprint density at radius 1 is 0.918 bits per heavy atom. The van der Waals surface area contributed by atoms with Crippen LogP contribution < -0.4 is 5.32 Å². The van der Waals surface area contributed by atoms with Gasteiger partial charge in [-0.3, -0.25) is 4.79 Å². The first-order chi connectivity index (χ1) is 23.2. The monoisotopic (exact) mass is 696 g/mol. The normalized spacial score (nSPS) is 20.9. The molecule has 5 aromatic rings. The summed E-state index contributed by atoms with van der Waals surface area (Å²) in [6.45, 7) is 1.77. The van der Waals surface area contributed by atoms with Crippen molar-refractivity contribution in [2.24, 2.45) is 17.8 Å². The van der Waals surface area contributed by atoms with Crippen molar-refractivity contribution in [1.82, 2.24) is 13.9 Å². The minimum atomic E-state index is -4.59. The summed E-state index contributed by atoms with van der Waals surface area (Å²) in [5.74, 6) is -3.91. The second-order valence-corrected chi connectivity index (χ2v) is 14.5. The number of halogens is 5. The highest BCUT2D eigenvalue weighted by atomic mass is 32.2. The molecule has 14 heteroatoms. The molecule has 0 amide bonds. The number of carboxylic acid groups (broad SMARTS) is 1. The number of rotatable bonds is 7. The van der Waals surface area contributed by atoms with E-state index >= 15 is 4.39 Å². The van der Waals surface area contributed by atoms with Crippen LogP contribution >= 0.6 is 0 Å². The number of aliphatic carboxylic acids is 1. The molecule has 3 aliphatic carbocycles. The predicted octanol–water partition coefficient (Wildman–Crippen LogP) is 7.91. The van der Waals surface area contributed by atoms with Crippen LogP contribution in [0.1, 0.15) is 36.8 Å². The Kier molecular flexibility index (Phi) is 7.96. The van der Waals surface area contributed by atoms with Gasteiger partial charge in [0.1, 0.15) is 17.2 Å². The van der Waals surface area contributed by atoms with E-state index in [-0.39, 0.29) is 50.6 Å². The van der Waals surface area contributed by atoms with E-state index in [9.17, 15) is 35.9 Å². The Balaban J connectivity index is 1.42. The third kappa shape index (κ3) is 5.91. The first-order valence-corrected chi connectivity index (χ1v) is 17.0. The zero-order valence-electron chi connectivity index (χ0n) is 25.9. The van der Waals surface area contributed by atoms with Gasteiger partial charge in [0.25, 0.3) is 10.0 Å². The second-order valence-electron chi connectivity index (χ2n) is 12.7. The smallest absolute Gasteiger partial charge is 0.416 e. The lowest BCUT2D eigenvalue weighted by molar-refractivity contribution is -0.148. The average molecular weight is 697 g/mol. The van der Waals surface area contributed by atoms with Gasteiger partial charge in [-0.05, 0) is 74.8 Å². The van der Waals surface area contributed by atoms with Gasteiger partial charge in [0.05, 0.1) is 22.1 Å². The predicted molar refractivity (Wildman–Crippen MR) is 171 cm³/mol. The van der Waals surface area contributed by atoms with Crippen LogP contribution in [-0.4, -0.2) is 39.5 Å². The van der Waals surface area contributed by atoms with Gasteiger partial charge in [-0.25, -0.2) is 31.1 Å². The molecule has 3 fully saturated rings. The molecule has 2 unspecified atom stereocenters. The summed E-state index contributed by atoms with van der Waals surface area (Å²) >= 11 is 0. The Morgan fingerprint density at radius 3 is 2.20 bits per heavy atom. The molecule has 2 bridgehead atoms. The number of fused-ring (bicyclic) bond motifs is 4. The van der Waals surface area contributed by atoms with E-state index in [2.05, 4.69) is 15.3 Å². The molecule has 49 heavy (non-hydrogen) atoms. The first-order valence-electron chi connectivity index (χ1n) is 15.6. The molecule has 3 aromatic carbocycles. The quantitative estimate of drug-likeness (QED) is 0.166. The van der Waals surface area contributed by atoms with Gasteiger partial charge in [0.15, 0.2) is 11.6 Å². The molecule has 2 aromatic heterocycles. The molecule has 3 aliphatic rings. The van der Waals surface area contributed by atoms with Gasteiger partial charge in [0.2, 0.25) is 0 Å². The molecule has 8 nitrogen and oxygen atoms in total. The van der Waals surface area contributed by atoms with Crippen LogP contribution in [-0.2, 0) is 21.0 Å². The molecule has 0 spiro atoms. The molecular weight excluding hydrogens is 667 g/mol. The largest absolute Gasteiger partial charge is 0.481 e. The number of nitrogens with zero attached hydrogens (tertiary/aromatic N) is 3. The fraction of sp³-hybridized carbons (Fsp3) is 0.286. The molecule has 8 rings (SSSR count). The number of carboxylic acids is 1. The van der Waals surface area contributed by atoms with E-state index in [0.717, 1.165) is 55.6 Å². The lowest BCUT2D eigenvalue weighted by Crippen LogP contribution is -2.51. The van der Waals surface area contributed by atoms with E-state index in [1.807, 2.05) is 0 Å². The zero-order valence-corrected chi connectivity index (χ0v) is 26.7. The maximum atomic E-state index is 15.5. The summed E-state index contributed by atoms with van der Waals surface area (Å²) in [7, 11) is -4.43. The number of hydrogen-bond acceptors (Lipinski definition) is 6. The van der Waals surface area contributed by atoms with Crippen molar-refractivity contribution in [2.75, 3.05) is 5.32 Å². The second kappa shape index (κ2) is 11.9. The highest BCUT2D eigenvalue weighted by Gasteiger charge is 2.47. The van der Waals surface area contributed by atoms with E-state index in [1.165, 1.54) is 30.3 Å². The lowest BCUT2D eigenvalue weighted by Gasteiger charge is -2.47. The number of aryl methyl sites for hydroxylation is 1. The summed E-state index contributed by atoms with van der Waals surface area (Å²) in [5, 5.41) is 13.2. The van der Waals surface area contributed by atoms with Crippen molar-refractivity contribution in [3.8, 4) is 22.6 Å². The standard InChI is InChI=1S/C35H29F5N4O4S/c1-18-2-12-24(13-3-18)49(47,48)44-17-26(25-14-23(36)15-27(37)32(25)44)33-41-28(19-8-10-22(11-9-19)35(38,39)40)16-29(43-33)42-31-21-6-4-20(5-7-21)30(31)34(45)46/h2-3,8-17,20-21,30-31H,4-7H2,1H3,(H,45,46)(H,41,42,43). The van der Waals surface area contributed by atoms with E-state index in [1.54, 1.807) is 19.1 Å². The molecule has 0 aliphatic heterocycles. The number of anilines is 1. The number of benzene rings is 3. The van der Waals surface area contributed by atoms with Crippen LogP contribution in [0, 0.1) is 36.3 Å². The van der Waals surface area contributed by atoms with Gasteiger partial charge < -0.3 is 10.4 Å². The van der Waals surface area contributed by atoms with Gasteiger partial charge in [0, 0.05) is 40.9 Å². The Hall–Kier alpha value is -4.85. The summed E-state index contributed by atoms with van der Waals surface area (Å²) < 4.78 is 98.7. The number of hydrogen-bond donors (Lipinski definition) is 2. The summed E-state index contributed by atoms with van der Waals surface area (Å²) in [4.78, 5) is 21.4. The number of alkyl halides is 3. The van der Waals surface area contributed by atoms with Gasteiger partial charge in [-0.15, -0.1) is 0 Å². The van der Waals surface area contributed by atoms with Crippen LogP contribution in [0.5, 0.6) is 0 Å². The zero-order chi connectivity index (χ0) is 34.8. The third-order valence-corrected chi connectivity index (χ3v) is 11.3. The lowest BCUT2D eigenvalue weighted by atomic mass is 9.61. The van der Waals surface area contributed by atoms with Crippen LogP contribution in [0.2, 0.25) is 0 Å². The molecule has 0 radical (unpaired) electrons. The number of nitrogens with one attached hydrogen (secondary N) is 1. The minimum absolute atomic E-state index is 0.0174. The van der Waals surface area contributed by atoms with Crippen LogP contribution in [0.4, 0.5) is 27.8 Å². The Bertz CT molecular complexity index is 2190. The Labute approximate surface area is 277 Å². The number of carbonyl (C=O) groups is 1. The molecule has 3 saturated carbocycles. The molecular formula is C35H29F5N4O4S. The fourth-order valence-corrected chi connectivity index (χ4v) is 8.62. The van der Waals surface area contributed by atoms with Crippen molar-refractivity contribution < 1.29 is 40.3 Å². The minimum Gasteiger partial charge on any atom is -0.481 e. The van der Waals surface area contributed by atoms with Gasteiger partial charge in [-0.1, -0.05) is 29.8 Å². The number of aromatic nitrogens is 3. The van der Waals surface area contributed by atoms with Gasteiger partial charge >= 0.3 is 12.1 Å². The molecule has 2 atom stereocenters. The Morgan fingerprint density at radius 2 is 1.57 bits per heavy atom. The maximum Gasteiger partial charge on any atom is 0.416 e. The summed E-state index contributed by atoms with van der Waals surface area (Å²) in [6.07, 6.45) is -0.347. The van der Waals surface area contributed by atoms with Crippen LogP contribution in [0.15, 0.2) is 77.8 Å². The van der Waals surface area contributed by atoms with E-state index < -0.39 is 56.8 Å². The van der Waals surface area contributed by atoms with E-state index in [0.29, 0.717) is 10.0 Å². The van der Waals surface area contributed by atoms with Crippen molar-refractivity contribution in [3.05, 3.63) is 95.7 Å². The average Bonchev–Trinajstić information content (AvgIpc) is 3.46. The topological polar surface area (TPSA) is 114 Å². The van der Waals surface area contributed by atoms with Crippen molar-refractivity contribution >= 4 is 32.7 Å². The highest BCUT2D eigenvalue weighted by molar-refractivity contribution is 7.90. The molecule has 2 heterocycles. The van der Waals surface area contributed by atoms with E-state index in [4.69, 9.17) is 0 Å². The fourth-order valence-electron chi connectivity index (χ4n) is 7.24. The third-order valence-electron chi connectivity index (χ3n) is 9.66. The van der Waals surface area contributed by atoms with Crippen LogP contribution in [0.25, 0.3) is 33.5 Å².